The third kappa shape index (κ3) is 7.59. The molecule has 25 heavy (non-hydrogen) atoms. The van der Waals surface area contributed by atoms with Crippen LogP contribution in [0.15, 0.2) is 63.7 Å². The Morgan fingerprint density at radius 3 is 2.68 bits per heavy atom. The largest absolute Gasteiger partial charge is 0.472 e. The number of hydrogen-bond acceptors (Lipinski definition) is 4. The van der Waals surface area contributed by atoms with Crippen molar-refractivity contribution in [2.75, 3.05) is 0 Å². The molecule has 2 aromatic rings. The highest BCUT2D eigenvalue weighted by molar-refractivity contribution is 5.47. The van der Waals surface area contributed by atoms with Gasteiger partial charge in [0.15, 0.2) is 0 Å². The molecule has 2 heterocycles. The van der Waals surface area contributed by atoms with Gasteiger partial charge in [0.05, 0.1) is 36.8 Å². The van der Waals surface area contributed by atoms with E-state index < -0.39 is 11.7 Å². The van der Waals surface area contributed by atoms with Crippen molar-refractivity contribution < 1.29 is 19.0 Å². The summed E-state index contributed by atoms with van der Waals surface area (Å²) in [6.45, 7) is 3.77. The maximum absolute atomic E-state index is 10.5. The summed E-state index contributed by atoms with van der Waals surface area (Å²) in [6, 6.07) is 3.83. The minimum Gasteiger partial charge on any atom is -0.472 e. The van der Waals surface area contributed by atoms with Crippen molar-refractivity contribution in [2.45, 2.75) is 57.7 Å². The summed E-state index contributed by atoms with van der Waals surface area (Å²) >= 11 is 0. The number of aliphatic hydroxyl groups excluding tert-OH is 1. The van der Waals surface area contributed by atoms with E-state index in [0.29, 0.717) is 12.8 Å². The molecule has 2 atom stereocenters. The Morgan fingerprint density at radius 2 is 2.00 bits per heavy atom. The molecule has 0 bridgehead atoms. The lowest BCUT2D eigenvalue weighted by atomic mass is 9.91. The third-order valence-corrected chi connectivity index (χ3v) is 4.18. The number of hydrogen-bond donors (Lipinski definition) is 2. The van der Waals surface area contributed by atoms with E-state index in [2.05, 4.69) is 0 Å². The summed E-state index contributed by atoms with van der Waals surface area (Å²) in [4.78, 5) is 0. The van der Waals surface area contributed by atoms with Crippen LogP contribution in [0.3, 0.4) is 0 Å². The molecule has 0 amide bonds. The first-order valence-corrected chi connectivity index (χ1v) is 8.72. The molecule has 0 aliphatic carbocycles. The van der Waals surface area contributed by atoms with Gasteiger partial charge in [-0.05, 0) is 57.2 Å². The van der Waals surface area contributed by atoms with Crippen LogP contribution < -0.4 is 0 Å². The predicted octanol–water partition coefficient (Wildman–Crippen LogP) is 4.75. The minimum atomic E-state index is -0.882. The van der Waals surface area contributed by atoms with Gasteiger partial charge in [-0.2, -0.15) is 0 Å². The van der Waals surface area contributed by atoms with Crippen LogP contribution in [0.5, 0.6) is 0 Å². The van der Waals surface area contributed by atoms with Crippen LogP contribution in [0.4, 0.5) is 0 Å². The SMILES string of the molecule is CC(=C[C@H](O)C[C@@](C)(O)CCCc1ccoc1)CC=Cc1ccoc1. The number of allylic oxidation sites excluding steroid dienone is 2. The fourth-order valence-electron chi connectivity index (χ4n) is 2.87. The van der Waals surface area contributed by atoms with Crippen molar-refractivity contribution in [1.29, 1.82) is 0 Å². The molecule has 136 valence electrons. The zero-order chi connectivity index (χ0) is 18.1. The van der Waals surface area contributed by atoms with Gasteiger partial charge in [-0.3, -0.25) is 0 Å². The van der Waals surface area contributed by atoms with E-state index in [0.717, 1.165) is 36.0 Å². The average molecular weight is 344 g/mol. The molecule has 0 aromatic carbocycles. The molecule has 4 nitrogen and oxygen atoms in total. The van der Waals surface area contributed by atoms with Gasteiger partial charge in [-0.25, -0.2) is 0 Å². The Morgan fingerprint density at radius 1 is 1.24 bits per heavy atom. The smallest absolute Gasteiger partial charge is 0.0974 e. The zero-order valence-corrected chi connectivity index (χ0v) is 15.0. The van der Waals surface area contributed by atoms with E-state index in [1.165, 1.54) is 0 Å². The topological polar surface area (TPSA) is 66.7 Å². The van der Waals surface area contributed by atoms with Crippen molar-refractivity contribution in [2.24, 2.45) is 0 Å². The van der Waals surface area contributed by atoms with Gasteiger partial charge in [-0.15, -0.1) is 0 Å². The molecule has 0 aliphatic heterocycles. The monoisotopic (exact) mass is 344 g/mol. The maximum Gasteiger partial charge on any atom is 0.0974 e. The fraction of sp³-hybridized carbons (Fsp3) is 0.429. The van der Waals surface area contributed by atoms with Crippen LogP contribution in [0.2, 0.25) is 0 Å². The van der Waals surface area contributed by atoms with Gasteiger partial charge in [-0.1, -0.05) is 23.8 Å². The van der Waals surface area contributed by atoms with Crippen molar-refractivity contribution in [3.63, 3.8) is 0 Å². The first kappa shape index (κ1) is 19.3. The second kappa shape index (κ2) is 9.44. The molecule has 2 N–H and O–H groups in total. The highest BCUT2D eigenvalue weighted by atomic mass is 16.3. The van der Waals surface area contributed by atoms with E-state index in [4.69, 9.17) is 8.83 Å². The van der Waals surface area contributed by atoms with Gasteiger partial charge in [0.2, 0.25) is 0 Å². The Balaban J connectivity index is 1.73. The van der Waals surface area contributed by atoms with Gasteiger partial charge in [0.1, 0.15) is 0 Å². The summed E-state index contributed by atoms with van der Waals surface area (Å²) in [5.74, 6) is 0. The van der Waals surface area contributed by atoms with Crippen molar-refractivity contribution in [3.05, 3.63) is 66.0 Å². The van der Waals surface area contributed by atoms with Gasteiger partial charge in [0.25, 0.3) is 0 Å². The molecule has 2 rings (SSSR count). The van der Waals surface area contributed by atoms with Gasteiger partial charge >= 0.3 is 0 Å². The Hall–Kier alpha value is -2.04. The van der Waals surface area contributed by atoms with Crippen LogP contribution in [-0.2, 0) is 6.42 Å². The molecule has 0 saturated carbocycles. The lowest BCUT2D eigenvalue weighted by Crippen LogP contribution is -2.29. The normalized spacial score (nSPS) is 16.2. The summed E-state index contributed by atoms with van der Waals surface area (Å²) in [5.41, 5.74) is 2.35. The first-order chi connectivity index (χ1) is 11.9. The van der Waals surface area contributed by atoms with Crippen molar-refractivity contribution >= 4 is 6.08 Å². The van der Waals surface area contributed by atoms with Gasteiger partial charge < -0.3 is 19.0 Å². The number of aryl methyl sites for hydroxylation is 1. The first-order valence-electron chi connectivity index (χ1n) is 8.72. The van der Waals surface area contributed by atoms with Crippen molar-refractivity contribution in [1.82, 2.24) is 0 Å². The zero-order valence-electron chi connectivity index (χ0n) is 15.0. The maximum atomic E-state index is 10.5. The Kier molecular flexibility index (Phi) is 7.29. The third-order valence-electron chi connectivity index (χ3n) is 4.18. The lowest BCUT2D eigenvalue weighted by Gasteiger charge is -2.25. The van der Waals surface area contributed by atoms with E-state index in [1.807, 2.05) is 37.3 Å². The fourth-order valence-corrected chi connectivity index (χ4v) is 2.87. The molecular formula is C21H28O4. The Labute approximate surface area is 149 Å². The summed E-state index contributed by atoms with van der Waals surface area (Å²) in [6.07, 6.45) is 15.4. The second-order valence-corrected chi connectivity index (χ2v) is 6.93. The number of rotatable bonds is 10. The van der Waals surface area contributed by atoms with Crippen LogP contribution in [0, 0.1) is 0 Å². The van der Waals surface area contributed by atoms with Gasteiger partial charge in [0, 0.05) is 12.0 Å². The molecule has 0 aliphatic rings. The standard InChI is InChI=1S/C21H28O4/c1-17(5-3-6-18-8-11-24-15-18)13-20(22)14-21(2,23)10-4-7-19-9-12-25-16-19/h3,6,8-9,11-13,15-16,20,22-23H,4-5,7,10,14H2,1-2H3/t20-,21-/m0/s1. The lowest BCUT2D eigenvalue weighted by molar-refractivity contribution is 0.00815. The summed E-state index contributed by atoms with van der Waals surface area (Å²) in [7, 11) is 0. The van der Waals surface area contributed by atoms with Crippen LogP contribution in [-0.4, -0.2) is 21.9 Å². The van der Waals surface area contributed by atoms with Crippen LogP contribution in [0.25, 0.3) is 6.08 Å². The predicted molar refractivity (Wildman–Crippen MR) is 99.0 cm³/mol. The van der Waals surface area contributed by atoms with Crippen LogP contribution >= 0.6 is 0 Å². The molecule has 0 fully saturated rings. The van der Waals surface area contributed by atoms with Crippen molar-refractivity contribution in [3.8, 4) is 0 Å². The van der Waals surface area contributed by atoms with E-state index in [-0.39, 0.29) is 0 Å². The molecular weight excluding hydrogens is 316 g/mol. The highest BCUT2D eigenvalue weighted by Gasteiger charge is 2.23. The molecule has 4 heteroatoms. The molecule has 0 radical (unpaired) electrons. The molecule has 0 unspecified atom stereocenters. The minimum absolute atomic E-state index is 0.334. The summed E-state index contributed by atoms with van der Waals surface area (Å²) < 4.78 is 10.0. The second-order valence-electron chi connectivity index (χ2n) is 6.93. The quantitative estimate of drug-likeness (QED) is 0.611. The molecule has 2 aromatic heterocycles. The van der Waals surface area contributed by atoms with Crippen LogP contribution in [0.1, 0.15) is 50.7 Å². The molecule has 0 saturated heterocycles. The summed E-state index contributed by atoms with van der Waals surface area (Å²) in [5, 5.41) is 20.7. The molecule has 0 spiro atoms. The highest BCUT2D eigenvalue weighted by Crippen LogP contribution is 2.22. The van der Waals surface area contributed by atoms with E-state index in [9.17, 15) is 10.2 Å². The van der Waals surface area contributed by atoms with E-state index in [1.54, 1.807) is 32.0 Å². The number of aliphatic hydroxyl groups is 2. The average Bonchev–Trinajstić information content (AvgIpc) is 3.19. The Bertz CT molecular complexity index is 648. The number of furan rings is 2. The van der Waals surface area contributed by atoms with E-state index >= 15 is 0 Å².